The van der Waals surface area contributed by atoms with Crippen LogP contribution in [0.5, 0.6) is 5.75 Å². The Balaban J connectivity index is 2.50. The summed E-state index contributed by atoms with van der Waals surface area (Å²) < 4.78 is 5.36. The molecule has 0 aliphatic rings. The first-order valence-electron chi connectivity index (χ1n) is 10.2. The second-order valence-corrected chi connectivity index (χ2v) is 7.76. The maximum atomic E-state index is 5.36. The molecule has 0 aliphatic carbocycles. The van der Waals surface area contributed by atoms with Gasteiger partial charge in [-0.05, 0) is 57.1 Å². The van der Waals surface area contributed by atoms with Crippen molar-refractivity contribution in [1.29, 1.82) is 0 Å². The fourth-order valence-electron chi connectivity index (χ4n) is 3.11. The number of rotatable bonds is 11. The lowest BCUT2D eigenvalue weighted by Crippen LogP contribution is -2.46. The van der Waals surface area contributed by atoms with E-state index in [2.05, 4.69) is 67.3 Å². The number of nitrogens with one attached hydrogen (secondary N) is 2. The zero-order valence-corrected chi connectivity index (χ0v) is 18.4. The maximum absolute atomic E-state index is 5.36. The van der Waals surface area contributed by atoms with Crippen LogP contribution >= 0.6 is 0 Å². The summed E-state index contributed by atoms with van der Waals surface area (Å²) in [5.41, 5.74) is 1.22. The highest BCUT2D eigenvalue weighted by Gasteiger charge is 2.21. The molecular weight excluding hydrogens is 336 g/mol. The molecule has 0 spiro atoms. The Morgan fingerprint density at radius 3 is 2.56 bits per heavy atom. The van der Waals surface area contributed by atoms with E-state index in [0.717, 1.165) is 44.3 Å². The van der Waals surface area contributed by atoms with Crippen LogP contribution in [0.2, 0.25) is 0 Å². The Hall–Kier alpha value is -1.75. The third-order valence-corrected chi connectivity index (χ3v) is 5.16. The third-order valence-electron chi connectivity index (χ3n) is 5.16. The summed E-state index contributed by atoms with van der Waals surface area (Å²) in [5, 5.41) is 7.00. The Labute approximate surface area is 166 Å². The van der Waals surface area contributed by atoms with Crippen molar-refractivity contribution in [2.45, 2.75) is 58.9 Å². The monoisotopic (exact) mass is 376 g/mol. The number of hydrogen-bond acceptors (Lipinski definition) is 3. The van der Waals surface area contributed by atoms with E-state index in [1.165, 1.54) is 12.0 Å². The molecule has 0 radical (unpaired) electrons. The van der Waals surface area contributed by atoms with Gasteiger partial charge in [-0.15, -0.1) is 0 Å². The SMILES string of the molecule is CCN(CC)CCCC(C)NC(=NC)NCC(C)(C)c1cccc(OC)c1. The van der Waals surface area contributed by atoms with Crippen LogP contribution in [0.4, 0.5) is 0 Å². The molecule has 1 unspecified atom stereocenters. The highest BCUT2D eigenvalue weighted by Crippen LogP contribution is 2.25. The van der Waals surface area contributed by atoms with Crippen LogP contribution in [0.25, 0.3) is 0 Å². The molecule has 0 amide bonds. The molecule has 5 heteroatoms. The largest absolute Gasteiger partial charge is 0.497 e. The Bertz CT molecular complexity index is 567. The van der Waals surface area contributed by atoms with Crippen molar-refractivity contribution in [3.05, 3.63) is 29.8 Å². The average molecular weight is 377 g/mol. The van der Waals surface area contributed by atoms with Gasteiger partial charge in [-0.2, -0.15) is 0 Å². The topological polar surface area (TPSA) is 48.9 Å². The Morgan fingerprint density at radius 2 is 1.96 bits per heavy atom. The molecule has 0 saturated heterocycles. The summed E-state index contributed by atoms with van der Waals surface area (Å²) in [4.78, 5) is 6.86. The number of aliphatic imine (C=N–C) groups is 1. The number of methoxy groups -OCH3 is 1. The van der Waals surface area contributed by atoms with Gasteiger partial charge in [0.15, 0.2) is 5.96 Å². The Kier molecular flexibility index (Phi) is 10.2. The first kappa shape index (κ1) is 23.3. The standard InChI is InChI=1S/C22H40N4O/c1-8-26(9-2)15-11-12-18(3)25-21(23-6)24-17-22(4,5)19-13-10-14-20(16-19)27-7/h10,13-14,16,18H,8-9,11-12,15,17H2,1-7H3,(H2,23,24,25). The van der Waals surface area contributed by atoms with Crippen LogP contribution in [0.3, 0.4) is 0 Å². The first-order valence-corrected chi connectivity index (χ1v) is 10.2. The molecular formula is C22H40N4O. The van der Waals surface area contributed by atoms with Gasteiger partial charge in [-0.25, -0.2) is 0 Å². The van der Waals surface area contributed by atoms with Gasteiger partial charge in [0.25, 0.3) is 0 Å². The van der Waals surface area contributed by atoms with Crippen molar-refractivity contribution in [3.63, 3.8) is 0 Å². The van der Waals surface area contributed by atoms with Gasteiger partial charge in [0.05, 0.1) is 7.11 Å². The van der Waals surface area contributed by atoms with Gasteiger partial charge >= 0.3 is 0 Å². The van der Waals surface area contributed by atoms with Crippen LogP contribution in [-0.2, 0) is 5.41 Å². The highest BCUT2D eigenvalue weighted by atomic mass is 16.5. The lowest BCUT2D eigenvalue weighted by atomic mass is 9.84. The predicted octanol–water partition coefficient (Wildman–Crippen LogP) is 3.65. The summed E-state index contributed by atoms with van der Waals surface area (Å²) in [7, 11) is 3.54. The zero-order chi connectivity index (χ0) is 20.3. The summed E-state index contributed by atoms with van der Waals surface area (Å²) >= 11 is 0. The lowest BCUT2D eigenvalue weighted by Gasteiger charge is -2.28. The zero-order valence-electron chi connectivity index (χ0n) is 18.4. The van der Waals surface area contributed by atoms with E-state index in [1.807, 2.05) is 19.2 Å². The van der Waals surface area contributed by atoms with Gasteiger partial charge < -0.3 is 20.3 Å². The normalized spacial score (nSPS) is 13.6. The molecule has 0 aromatic heterocycles. The van der Waals surface area contributed by atoms with Crippen molar-refractivity contribution >= 4 is 5.96 Å². The van der Waals surface area contributed by atoms with Crippen LogP contribution in [0.15, 0.2) is 29.3 Å². The fraction of sp³-hybridized carbons (Fsp3) is 0.682. The molecule has 0 aliphatic heterocycles. The van der Waals surface area contributed by atoms with Crippen molar-refractivity contribution in [1.82, 2.24) is 15.5 Å². The molecule has 1 atom stereocenters. The minimum atomic E-state index is -0.0296. The molecule has 1 aromatic carbocycles. The smallest absolute Gasteiger partial charge is 0.191 e. The second-order valence-electron chi connectivity index (χ2n) is 7.76. The van der Waals surface area contributed by atoms with Crippen LogP contribution in [0, 0.1) is 0 Å². The summed E-state index contributed by atoms with van der Waals surface area (Å²) in [6, 6.07) is 8.67. The third kappa shape index (κ3) is 8.21. The molecule has 0 bridgehead atoms. The molecule has 0 saturated carbocycles. The average Bonchev–Trinajstić information content (AvgIpc) is 2.68. The van der Waals surface area contributed by atoms with Gasteiger partial charge in [0.2, 0.25) is 0 Å². The molecule has 0 fully saturated rings. The number of ether oxygens (including phenoxy) is 1. The summed E-state index contributed by atoms with van der Waals surface area (Å²) in [5.74, 6) is 1.76. The van der Waals surface area contributed by atoms with E-state index in [4.69, 9.17) is 4.74 Å². The Morgan fingerprint density at radius 1 is 1.26 bits per heavy atom. The second kappa shape index (κ2) is 11.9. The minimum Gasteiger partial charge on any atom is -0.497 e. The van der Waals surface area contributed by atoms with E-state index in [9.17, 15) is 0 Å². The fourth-order valence-corrected chi connectivity index (χ4v) is 3.11. The molecule has 2 N–H and O–H groups in total. The predicted molar refractivity (Wildman–Crippen MR) is 117 cm³/mol. The quantitative estimate of drug-likeness (QED) is 0.457. The number of hydrogen-bond donors (Lipinski definition) is 2. The van der Waals surface area contributed by atoms with Crippen LogP contribution in [0.1, 0.15) is 53.0 Å². The molecule has 27 heavy (non-hydrogen) atoms. The van der Waals surface area contributed by atoms with E-state index >= 15 is 0 Å². The van der Waals surface area contributed by atoms with Gasteiger partial charge in [-0.3, -0.25) is 4.99 Å². The van der Waals surface area contributed by atoms with Crippen molar-refractivity contribution in [3.8, 4) is 5.75 Å². The van der Waals surface area contributed by atoms with Crippen LogP contribution < -0.4 is 15.4 Å². The molecule has 1 rings (SSSR count). The molecule has 154 valence electrons. The first-order chi connectivity index (χ1) is 12.9. The summed E-state index contributed by atoms with van der Waals surface area (Å²) in [6.07, 6.45) is 2.33. The number of nitrogens with zero attached hydrogens (tertiary/aromatic N) is 2. The maximum Gasteiger partial charge on any atom is 0.191 e. The van der Waals surface area contributed by atoms with E-state index < -0.39 is 0 Å². The lowest BCUT2D eigenvalue weighted by molar-refractivity contribution is 0.292. The van der Waals surface area contributed by atoms with Crippen molar-refractivity contribution in [2.24, 2.45) is 4.99 Å². The van der Waals surface area contributed by atoms with Gasteiger partial charge in [0.1, 0.15) is 5.75 Å². The molecule has 1 aromatic rings. The van der Waals surface area contributed by atoms with E-state index in [1.54, 1.807) is 7.11 Å². The van der Waals surface area contributed by atoms with E-state index in [0.29, 0.717) is 6.04 Å². The van der Waals surface area contributed by atoms with Crippen LogP contribution in [-0.4, -0.2) is 57.2 Å². The van der Waals surface area contributed by atoms with Gasteiger partial charge in [0, 0.05) is 25.0 Å². The highest BCUT2D eigenvalue weighted by molar-refractivity contribution is 5.80. The van der Waals surface area contributed by atoms with E-state index in [-0.39, 0.29) is 5.41 Å². The number of guanidine groups is 1. The molecule has 0 heterocycles. The van der Waals surface area contributed by atoms with Crippen molar-refractivity contribution in [2.75, 3.05) is 40.3 Å². The number of benzene rings is 1. The molecule has 5 nitrogen and oxygen atoms in total. The minimum absolute atomic E-state index is 0.0296. The summed E-state index contributed by atoms with van der Waals surface area (Å²) in [6.45, 7) is 15.3. The van der Waals surface area contributed by atoms with Gasteiger partial charge in [-0.1, -0.05) is 39.8 Å². The van der Waals surface area contributed by atoms with Crippen molar-refractivity contribution < 1.29 is 4.74 Å².